The van der Waals surface area contributed by atoms with Crippen LogP contribution in [0.25, 0.3) is 0 Å². The lowest BCUT2D eigenvalue weighted by atomic mass is 10.1. The Balaban J connectivity index is 2.00. The van der Waals surface area contributed by atoms with Gasteiger partial charge in [-0.05, 0) is 36.2 Å². The van der Waals surface area contributed by atoms with Crippen LogP contribution in [0.15, 0.2) is 41.8 Å². The van der Waals surface area contributed by atoms with Gasteiger partial charge in [0.2, 0.25) is 0 Å². The van der Waals surface area contributed by atoms with Crippen molar-refractivity contribution in [3.8, 4) is 0 Å². The van der Waals surface area contributed by atoms with Gasteiger partial charge in [0.05, 0.1) is 5.56 Å². The Kier molecular flexibility index (Phi) is 4.12. The van der Waals surface area contributed by atoms with Crippen LogP contribution in [0, 0.1) is 0 Å². The Bertz CT molecular complexity index is 522. The number of rotatable bonds is 5. The van der Waals surface area contributed by atoms with Crippen molar-refractivity contribution in [2.24, 2.45) is 0 Å². The zero-order valence-electron chi connectivity index (χ0n) is 10.2. The number of carbonyl (C=O) groups is 1. The molecule has 3 nitrogen and oxygen atoms in total. The van der Waals surface area contributed by atoms with E-state index in [4.69, 9.17) is 5.11 Å². The molecule has 1 aromatic carbocycles. The molecule has 0 saturated heterocycles. The summed E-state index contributed by atoms with van der Waals surface area (Å²) in [5.74, 6) is -0.877. The summed E-state index contributed by atoms with van der Waals surface area (Å²) in [5, 5.41) is 11.0. The van der Waals surface area contributed by atoms with Gasteiger partial charge in [-0.2, -0.15) is 0 Å². The Morgan fingerprint density at radius 2 is 2.11 bits per heavy atom. The maximum absolute atomic E-state index is 10.9. The first-order chi connectivity index (χ1) is 8.65. The van der Waals surface area contributed by atoms with Gasteiger partial charge in [0.1, 0.15) is 0 Å². The standard InChI is InChI=1S/C14H15NO2S/c1-15(10-13-6-3-7-18-13)9-11-4-2-5-12(8-11)14(16)17/h2-8H,9-10H2,1H3,(H,16,17). The highest BCUT2D eigenvalue weighted by Crippen LogP contribution is 2.13. The lowest BCUT2D eigenvalue weighted by Crippen LogP contribution is -2.16. The highest BCUT2D eigenvalue weighted by molar-refractivity contribution is 7.09. The number of nitrogens with zero attached hydrogens (tertiary/aromatic N) is 1. The monoisotopic (exact) mass is 261 g/mol. The second-order valence-electron chi connectivity index (χ2n) is 4.26. The summed E-state index contributed by atoms with van der Waals surface area (Å²) in [6.07, 6.45) is 0. The Morgan fingerprint density at radius 1 is 1.28 bits per heavy atom. The van der Waals surface area contributed by atoms with E-state index in [9.17, 15) is 4.79 Å². The SMILES string of the molecule is CN(Cc1cccc(C(=O)O)c1)Cc1cccs1. The molecule has 0 spiro atoms. The number of carboxylic acid groups (broad SMARTS) is 1. The zero-order valence-corrected chi connectivity index (χ0v) is 11.0. The third-order valence-corrected chi connectivity index (χ3v) is 3.49. The molecule has 0 saturated carbocycles. The molecular weight excluding hydrogens is 246 g/mol. The van der Waals surface area contributed by atoms with E-state index in [-0.39, 0.29) is 0 Å². The number of hydrogen-bond donors (Lipinski definition) is 1. The molecule has 4 heteroatoms. The lowest BCUT2D eigenvalue weighted by molar-refractivity contribution is 0.0696. The quantitative estimate of drug-likeness (QED) is 0.899. The van der Waals surface area contributed by atoms with Crippen LogP contribution in [-0.4, -0.2) is 23.0 Å². The summed E-state index contributed by atoms with van der Waals surface area (Å²) in [6, 6.07) is 11.2. The van der Waals surface area contributed by atoms with Crippen LogP contribution in [0.4, 0.5) is 0 Å². The van der Waals surface area contributed by atoms with Crippen LogP contribution in [-0.2, 0) is 13.1 Å². The van der Waals surface area contributed by atoms with E-state index in [0.717, 1.165) is 18.7 Å². The molecule has 0 aliphatic rings. The van der Waals surface area contributed by atoms with E-state index in [2.05, 4.69) is 16.3 Å². The van der Waals surface area contributed by atoms with Crippen molar-refractivity contribution in [3.63, 3.8) is 0 Å². The summed E-state index contributed by atoms with van der Waals surface area (Å²) in [5.41, 5.74) is 1.37. The molecule has 0 bridgehead atoms. The van der Waals surface area contributed by atoms with Crippen LogP contribution in [0.2, 0.25) is 0 Å². The van der Waals surface area contributed by atoms with Gasteiger partial charge >= 0.3 is 5.97 Å². The van der Waals surface area contributed by atoms with Crippen LogP contribution in [0.5, 0.6) is 0 Å². The van der Waals surface area contributed by atoms with E-state index in [1.165, 1.54) is 4.88 Å². The second kappa shape index (κ2) is 5.80. The molecule has 1 heterocycles. The van der Waals surface area contributed by atoms with Gasteiger partial charge in [-0.1, -0.05) is 18.2 Å². The van der Waals surface area contributed by atoms with Crippen molar-refractivity contribution >= 4 is 17.3 Å². The fourth-order valence-corrected chi connectivity index (χ4v) is 2.62. The largest absolute Gasteiger partial charge is 0.478 e. The van der Waals surface area contributed by atoms with Gasteiger partial charge < -0.3 is 5.11 Å². The summed E-state index contributed by atoms with van der Waals surface area (Å²) in [7, 11) is 2.03. The van der Waals surface area contributed by atoms with Crippen LogP contribution in [0.3, 0.4) is 0 Å². The fourth-order valence-electron chi connectivity index (χ4n) is 1.84. The summed E-state index contributed by atoms with van der Waals surface area (Å²) >= 11 is 1.73. The number of aromatic carboxylic acids is 1. The van der Waals surface area contributed by atoms with E-state index < -0.39 is 5.97 Å². The number of hydrogen-bond acceptors (Lipinski definition) is 3. The molecule has 0 amide bonds. The molecule has 0 aliphatic carbocycles. The molecule has 18 heavy (non-hydrogen) atoms. The van der Waals surface area contributed by atoms with Gasteiger partial charge in [-0.3, -0.25) is 4.90 Å². The van der Waals surface area contributed by atoms with Crippen molar-refractivity contribution in [2.45, 2.75) is 13.1 Å². The Hall–Kier alpha value is -1.65. The summed E-state index contributed by atoms with van der Waals surface area (Å²) in [6.45, 7) is 1.63. The minimum absolute atomic E-state index is 0.344. The molecule has 0 fully saturated rings. The molecular formula is C14H15NO2S. The third-order valence-electron chi connectivity index (χ3n) is 2.63. The van der Waals surface area contributed by atoms with Crippen LogP contribution in [0.1, 0.15) is 20.8 Å². The average molecular weight is 261 g/mol. The first-order valence-electron chi connectivity index (χ1n) is 5.68. The molecule has 1 N–H and O–H groups in total. The minimum Gasteiger partial charge on any atom is -0.478 e. The molecule has 2 aromatic rings. The topological polar surface area (TPSA) is 40.5 Å². The number of carboxylic acids is 1. The van der Waals surface area contributed by atoms with Crippen molar-refractivity contribution in [1.29, 1.82) is 0 Å². The molecule has 0 unspecified atom stereocenters. The fraction of sp³-hybridized carbons (Fsp3) is 0.214. The average Bonchev–Trinajstić information content (AvgIpc) is 2.82. The Labute approximate surface area is 110 Å². The summed E-state index contributed by atoms with van der Waals surface area (Å²) in [4.78, 5) is 14.4. The smallest absolute Gasteiger partial charge is 0.335 e. The predicted octanol–water partition coefficient (Wildman–Crippen LogP) is 3.08. The van der Waals surface area contributed by atoms with Crippen molar-refractivity contribution in [2.75, 3.05) is 7.05 Å². The molecule has 2 rings (SSSR count). The van der Waals surface area contributed by atoms with Crippen LogP contribution < -0.4 is 0 Å². The van der Waals surface area contributed by atoms with Gasteiger partial charge in [-0.15, -0.1) is 11.3 Å². The van der Waals surface area contributed by atoms with E-state index in [1.807, 2.05) is 19.2 Å². The first-order valence-corrected chi connectivity index (χ1v) is 6.56. The molecule has 0 radical (unpaired) electrons. The van der Waals surface area contributed by atoms with Crippen molar-refractivity contribution in [3.05, 3.63) is 57.8 Å². The molecule has 0 aliphatic heterocycles. The van der Waals surface area contributed by atoms with Gasteiger partial charge in [0, 0.05) is 18.0 Å². The van der Waals surface area contributed by atoms with Gasteiger partial charge in [0.15, 0.2) is 0 Å². The normalized spacial score (nSPS) is 10.8. The van der Waals surface area contributed by atoms with Crippen LogP contribution >= 0.6 is 11.3 Å². The number of benzene rings is 1. The highest BCUT2D eigenvalue weighted by atomic mass is 32.1. The van der Waals surface area contributed by atoms with E-state index in [1.54, 1.807) is 29.5 Å². The molecule has 94 valence electrons. The maximum Gasteiger partial charge on any atom is 0.335 e. The minimum atomic E-state index is -0.877. The number of thiophene rings is 1. The summed E-state index contributed by atoms with van der Waals surface area (Å²) < 4.78 is 0. The maximum atomic E-state index is 10.9. The highest BCUT2D eigenvalue weighted by Gasteiger charge is 2.06. The predicted molar refractivity (Wildman–Crippen MR) is 72.9 cm³/mol. The van der Waals surface area contributed by atoms with Gasteiger partial charge in [0.25, 0.3) is 0 Å². The molecule has 0 atom stereocenters. The zero-order chi connectivity index (χ0) is 13.0. The third kappa shape index (κ3) is 3.42. The second-order valence-corrected chi connectivity index (χ2v) is 5.29. The molecule has 1 aromatic heterocycles. The van der Waals surface area contributed by atoms with Crippen molar-refractivity contribution < 1.29 is 9.90 Å². The lowest BCUT2D eigenvalue weighted by Gasteiger charge is -2.15. The Morgan fingerprint density at radius 3 is 2.78 bits per heavy atom. The van der Waals surface area contributed by atoms with Gasteiger partial charge in [-0.25, -0.2) is 4.79 Å². The van der Waals surface area contributed by atoms with Crippen molar-refractivity contribution in [1.82, 2.24) is 4.90 Å². The van der Waals surface area contributed by atoms with E-state index >= 15 is 0 Å². The van der Waals surface area contributed by atoms with E-state index in [0.29, 0.717) is 5.56 Å². The first kappa shape index (κ1) is 12.8.